The molecule has 0 aliphatic carbocycles. The van der Waals surface area contributed by atoms with Crippen LogP contribution < -0.4 is 9.47 Å². The second kappa shape index (κ2) is 10.5. The Morgan fingerprint density at radius 2 is 1.76 bits per heavy atom. The Balaban J connectivity index is 2.07. The minimum absolute atomic E-state index is 0.0547. The van der Waals surface area contributed by atoms with Crippen LogP contribution in [0.3, 0.4) is 0 Å². The van der Waals surface area contributed by atoms with Crippen LogP contribution in [-0.4, -0.2) is 67.5 Å². The van der Waals surface area contributed by atoms with Crippen LogP contribution in [0.5, 0.6) is 11.5 Å². The fourth-order valence-electron chi connectivity index (χ4n) is 3.76. The number of hydrogen-bond donors (Lipinski definition) is 1. The summed E-state index contributed by atoms with van der Waals surface area (Å²) in [4.78, 5) is 29.6. The molecule has 176 valence electrons. The Labute approximate surface area is 195 Å². The molecule has 1 fully saturated rings. The normalized spacial score (nSPS) is 17.8. The van der Waals surface area contributed by atoms with Crippen LogP contribution in [-0.2, 0) is 9.59 Å². The van der Waals surface area contributed by atoms with E-state index in [0.717, 1.165) is 0 Å². The Morgan fingerprint density at radius 1 is 1.09 bits per heavy atom. The molecule has 0 bridgehead atoms. The molecule has 1 amide bonds. The van der Waals surface area contributed by atoms with E-state index in [1.54, 1.807) is 37.4 Å². The van der Waals surface area contributed by atoms with E-state index in [1.807, 2.05) is 37.2 Å². The highest BCUT2D eigenvalue weighted by molar-refractivity contribution is 6.46. The van der Waals surface area contributed by atoms with Gasteiger partial charge in [0.1, 0.15) is 17.3 Å². The van der Waals surface area contributed by atoms with Crippen LogP contribution in [0.2, 0.25) is 0 Å². The summed E-state index contributed by atoms with van der Waals surface area (Å²) in [5, 5.41) is 11.2. The Bertz CT molecular complexity index is 1030. The summed E-state index contributed by atoms with van der Waals surface area (Å²) in [6.07, 6.45) is 0. The van der Waals surface area contributed by atoms with Gasteiger partial charge < -0.3 is 24.4 Å². The van der Waals surface area contributed by atoms with E-state index in [-0.39, 0.29) is 11.3 Å². The molecule has 0 aromatic heterocycles. The topological polar surface area (TPSA) is 79.3 Å². The SMILES string of the molecule is COc1ccccc1[C@@H]1C(=C(O)c2ccc(OCC(C)C)cc2)C(=O)C(=O)N1CCN(C)C. The third kappa shape index (κ3) is 5.37. The number of ether oxygens (including phenoxy) is 2. The molecule has 33 heavy (non-hydrogen) atoms. The molecule has 1 N–H and O–H groups in total. The van der Waals surface area contributed by atoms with E-state index in [1.165, 1.54) is 4.90 Å². The van der Waals surface area contributed by atoms with Gasteiger partial charge in [-0.1, -0.05) is 32.0 Å². The number of ketones is 1. The zero-order valence-electron chi connectivity index (χ0n) is 19.9. The minimum Gasteiger partial charge on any atom is -0.507 e. The van der Waals surface area contributed by atoms with E-state index >= 15 is 0 Å². The summed E-state index contributed by atoms with van der Waals surface area (Å²) < 4.78 is 11.2. The average Bonchev–Trinajstić information content (AvgIpc) is 3.05. The maximum absolute atomic E-state index is 13.1. The lowest BCUT2D eigenvalue weighted by atomic mass is 9.94. The molecule has 0 radical (unpaired) electrons. The molecular formula is C26H32N2O5. The second-order valence-corrected chi connectivity index (χ2v) is 8.77. The molecular weight excluding hydrogens is 420 g/mol. The molecule has 0 spiro atoms. The van der Waals surface area contributed by atoms with Gasteiger partial charge in [-0.25, -0.2) is 0 Å². The zero-order chi connectivity index (χ0) is 24.1. The third-order valence-electron chi connectivity index (χ3n) is 5.47. The van der Waals surface area contributed by atoms with Crippen molar-refractivity contribution in [3.8, 4) is 11.5 Å². The molecule has 2 aromatic carbocycles. The van der Waals surface area contributed by atoms with Gasteiger partial charge in [0.2, 0.25) is 0 Å². The van der Waals surface area contributed by atoms with Crippen molar-refractivity contribution in [2.75, 3.05) is 40.9 Å². The van der Waals surface area contributed by atoms with Crippen molar-refractivity contribution in [1.82, 2.24) is 9.80 Å². The van der Waals surface area contributed by atoms with Crippen molar-refractivity contribution < 1.29 is 24.2 Å². The van der Waals surface area contributed by atoms with Crippen LogP contribution >= 0.6 is 0 Å². The van der Waals surface area contributed by atoms with Crippen LogP contribution in [0, 0.1) is 5.92 Å². The highest BCUT2D eigenvalue weighted by atomic mass is 16.5. The van der Waals surface area contributed by atoms with E-state index in [9.17, 15) is 14.7 Å². The molecule has 7 nitrogen and oxygen atoms in total. The highest BCUT2D eigenvalue weighted by Gasteiger charge is 2.46. The number of rotatable bonds is 9. The van der Waals surface area contributed by atoms with Gasteiger partial charge in [0.15, 0.2) is 0 Å². The number of nitrogens with zero attached hydrogens (tertiary/aromatic N) is 2. The van der Waals surface area contributed by atoms with Gasteiger partial charge >= 0.3 is 0 Å². The fraction of sp³-hybridized carbons (Fsp3) is 0.385. The van der Waals surface area contributed by atoms with E-state index < -0.39 is 17.7 Å². The van der Waals surface area contributed by atoms with Crippen LogP contribution in [0.4, 0.5) is 0 Å². The minimum atomic E-state index is -0.752. The van der Waals surface area contributed by atoms with E-state index in [4.69, 9.17) is 9.47 Å². The highest BCUT2D eigenvalue weighted by Crippen LogP contribution is 2.42. The number of amides is 1. The number of hydrogen-bond acceptors (Lipinski definition) is 6. The lowest BCUT2D eigenvalue weighted by Gasteiger charge is -2.27. The maximum Gasteiger partial charge on any atom is 0.295 e. The number of methoxy groups -OCH3 is 1. The number of aliphatic hydroxyl groups is 1. The average molecular weight is 453 g/mol. The van der Waals surface area contributed by atoms with E-state index in [0.29, 0.717) is 48.2 Å². The lowest BCUT2D eigenvalue weighted by molar-refractivity contribution is -0.140. The fourth-order valence-corrected chi connectivity index (χ4v) is 3.76. The van der Waals surface area contributed by atoms with E-state index in [2.05, 4.69) is 13.8 Å². The first-order valence-electron chi connectivity index (χ1n) is 11.0. The smallest absolute Gasteiger partial charge is 0.295 e. The predicted octanol–water partition coefficient (Wildman–Crippen LogP) is 3.71. The zero-order valence-corrected chi connectivity index (χ0v) is 19.9. The summed E-state index contributed by atoms with van der Waals surface area (Å²) in [5.41, 5.74) is 1.15. The number of likely N-dealkylation sites (N-methyl/N-ethyl adjacent to an activating group) is 1. The molecule has 0 unspecified atom stereocenters. The largest absolute Gasteiger partial charge is 0.507 e. The standard InChI is InChI=1S/C26H32N2O5/c1-17(2)16-33-19-12-10-18(11-13-19)24(29)22-23(20-8-6-7-9-21(20)32-5)28(15-14-27(3)4)26(31)25(22)30/h6-13,17,23,29H,14-16H2,1-5H3/t23-/m1/s1. The van der Waals surface area contributed by atoms with Crippen molar-refractivity contribution in [2.45, 2.75) is 19.9 Å². The van der Waals surface area contributed by atoms with Crippen molar-refractivity contribution in [3.63, 3.8) is 0 Å². The molecule has 1 aliphatic rings. The lowest BCUT2D eigenvalue weighted by Crippen LogP contribution is -2.35. The molecule has 1 saturated heterocycles. The summed E-state index contributed by atoms with van der Waals surface area (Å²) in [7, 11) is 5.34. The molecule has 1 aliphatic heterocycles. The Kier molecular flexibility index (Phi) is 7.76. The van der Waals surface area contributed by atoms with Crippen molar-refractivity contribution in [1.29, 1.82) is 0 Å². The first-order valence-corrected chi connectivity index (χ1v) is 11.0. The maximum atomic E-state index is 13.1. The summed E-state index contributed by atoms with van der Waals surface area (Å²) in [6.45, 7) is 5.61. The van der Waals surface area contributed by atoms with Gasteiger partial charge in [-0.2, -0.15) is 0 Å². The molecule has 2 aromatic rings. The summed E-state index contributed by atoms with van der Waals surface area (Å²) in [6, 6.07) is 13.4. The quantitative estimate of drug-likeness (QED) is 0.355. The van der Waals surface area contributed by atoms with Gasteiger partial charge in [-0.05, 0) is 50.3 Å². The summed E-state index contributed by atoms with van der Waals surface area (Å²) >= 11 is 0. The molecule has 1 heterocycles. The number of likely N-dealkylation sites (tertiary alicyclic amines) is 1. The number of benzene rings is 2. The van der Waals surface area contributed by atoms with Crippen LogP contribution in [0.15, 0.2) is 54.1 Å². The number of carbonyl (C=O) groups is 2. The van der Waals surface area contributed by atoms with Crippen LogP contribution in [0.1, 0.15) is 31.0 Å². The number of carbonyl (C=O) groups excluding carboxylic acids is 2. The van der Waals surface area contributed by atoms with Gasteiger partial charge in [0, 0.05) is 24.2 Å². The second-order valence-electron chi connectivity index (χ2n) is 8.77. The Morgan fingerprint density at radius 3 is 2.36 bits per heavy atom. The van der Waals surface area contributed by atoms with Gasteiger partial charge in [0.05, 0.1) is 25.3 Å². The van der Waals surface area contributed by atoms with Crippen LogP contribution in [0.25, 0.3) is 5.76 Å². The number of aliphatic hydroxyl groups excluding tert-OH is 1. The molecule has 0 saturated carbocycles. The monoisotopic (exact) mass is 452 g/mol. The van der Waals surface area contributed by atoms with Gasteiger partial charge in [0.25, 0.3) is 11.7 Å². The molecule has 1 atom stereocenters. The van der Waals surface area contributed by atoms with Crippen molar-refractivity contribution >= 4 is 17.4 Å². The Hall–Kier alpha value is -3.32. The van der Waals surface area contributed by atoms with Gasteiger partial charge in [-0.15, -0.1) is 0 Å². The summed E-state index contributed by atoms with van der Waals surface area (Å²) in [5.74, 6) is 0.0492. The first kappa shape index (κ1) is 24.3. The third-order valence-corrected chi connectivity index (χ3v) is 5.47. The van der Waals surface area contributed by atoms with Gasteiger partial charge in [-0.3, -0.25) is 9.59 Å². The molecule has 7 heteroatoms. The van der Waals surface area contributed by atoms with Crippen molar-refractivity contribution in [3.05, 3.63) is 65.2 Å². The predicted molar refractivity (Wildman–Crippen MR) is 127 cm³/mol. The number of Topliss-reactive ketones (excluding diaryl/α,β-unsaturated/α-hetero) is 1. The molecule has 3 rings (SSSR count). The van der Waals surface area contributed by atoms with Crippen molar-refractivity contribution in [2.24, 2.45) is 5.92 Å². The number of para-hydroxylation sites is 1. The first-order chi connectivity index (χ1) is 15.7.